The summed E-state index contributed by atoms with van der Waals surface area (Å²) in [4.78, 5) is 11.3. The van der Waals surface area contributed by atoms with Gasteiger partial charge in [-0.3, -0.25) is 9.10 Å². The van der Waals surface area contributed by atoms with Gasteiger partial charge in [0.15, 0.2) is 0 Å². The maximum Gasteiger partial charge on any atom is 0.416 e. The van der Waals surface area contributed by atoms with Crippen LogP contribution in [0.2, 0.25) is 0 Å². The SMILES string of the molecule is Cc1ccc(S(=O)(=O)N(CC=Cc2ccc(C(F)(F)F)cc2)c2cccc(C=O)c2)cc1. The number of carbonyl (C=O) groups excluding carboxylic acids is 1. The highest BCUT2D eigenvalue weighted by Crippen LogP contribution is 2.29. The van der Waals surface area contributed by atoms with Crippen molar-refractivity contribution in [3.63, 3.8) is 0 Å². The zero-order chi connectivity index (χ0) is 23.4. The Labute approximate surface area is 184 Å². The van der Waals surface area contributed by atoms with Crippen LogP contribution in [0.1, 0.15) is 27.0 Å². The molecule has 0 aliphatic carbocycles. The quantitative estimate of drug-likeness (QED) is 0.424. The number of alkyl halides is 3. The fraction of sp³-hybridized carbons (Fsp3) is 0.125. The van der Waals surface area contributed by atoms with Gasteiger partial charge in [0.1, 0.15) is 6.29 Å². The number of carbonyl (C=O) groups is 1. The second-order valence-corrected chi connectivity index (χ2v) is 8.95. The highest BCUT2D eigenvalue weighted by atomic mass is 32.2. The number of rotatable bonds is 7. The lowest BCUT2D eigenvalue weighted by atomic mass is 10.1. The molecule has 0 amide bonds. The fourth-order valence-corrected chi connectivity index (χ4v) is 4.41. The molecule has 0 N–H and O–H groups in total. The largest absolute Gasteiger partial charge is 0.416 e. The Kier molecular flexibility index (Phi) is 6.84. The van der Waals surface area contributed by atoms with E-state index in [0.29, 0.717) is 23.1 Å². The van der Waals surface area contributed by atoms with E-state index in [0.717, 1.165) is 22.0 Å². The average Bonchev–Trinajstić information content (AvgIpc) is 2.76. The number of benzene rings is 3. The van der Waals surface area contributed by atoms with Crippen LogP contribution in [0.3, 0.4) is 0 Å². The first kappa shape index (κ1) is 23.3. The number of aryl methyl sites for hydroxylation is 1. The van der Waals surface area contributed by atoms with E-state index >= 15 is 0 Å². The molecule has 0 aliphatic heterocycles. The van der Waals surface area contributed by atoms with Crippen LogP contribution in [-0.4, -0.2) is 21.2 Å². The first-order valence-electron chi connectivity index (χ1n) is 9.60. The monoisotopic (exact) mass is 459 g/mol. The van der Waals surface area contributed by atoms with Crippen molar-refractivity contribution in [2.45, 2.75) is 18.0 Å². The predicted octanol–water partition coefficient (Wildman–Crippen LogP) is 5.74. The third kappa shape index (κ3) is 5.45. The van der Waals surface area contributed by atoms with Crippen LogP contribution in [0.15, 0.2) is 83.8 Å². The third-order valence-corrected chi connectivity index (χ3v) is 6.53. The van der Waals surface area contributed by atoms with Crippen molar-refractivity contribution in [1.29, 1.82) is 0 Å². The van der Waals surface area contributed by atoms with Crippen LogP contribution in [0.4, 0.5) is 18.9 Å². The van der Waals surface area contributed by atoms with Gasteiger partial charge in [0.25, 0.3) is 10.0 Å². The molecule has 0 saturated heterocycles. The van der Waals surface area contributed by atoms with Crippen molar-refractivity contribution in [2.75, 3.05) is 10.8 Å². The molecule has 3 rings (SSSR count). The van der Waals surface area contributed by atoms with E-state index in [1.165, 1.54) is 30.3 Å². The van der Waals surface area contributed by atoms with Crippen molar-refractivity contribution in [3.05, 3.63) is 101 Å². The molecule has 0 aliphatic rings. The maximum atomic E-state index is 13.3. The number of sulfonamides is 1. The van der Waals surface area contributed by atoms with Gasteiger partial charge >= 0.3 is 6.18 Å². The van der Waals surface area contributed by atoms with Gasteiger partial charge in [-0.25, -0.2) is 8.42 Å². The summed E-state index contributed by atoms with van der Waals surface area (Å²) in [6, 6.07) is 17.1. The molecule has 0 unspecified atom stereocenters. The van der Waals surface area contributed by atoms with Gasteiger partial charge in [0, 0.05) is 5.56 Å². The van der Waals surface area contributed by atoms with Gasteiger partial charge in [0.05, 0.1) is 22.7 Å². The summed E-state index contributed by atoms with van der Waals surface area (Å²) in [5.41, 5.74) is 1.25. The minimum atomic E-state index is -4.43. The Hall–Kier alpha value is -3.39. The first-order chi connectivity index (χ1) is 15.1. The van der Waals surface area contributed by atoms with Crippen molar-refractivity contribution in [2.24, 2.45) is 0 Å². The summed E-state index contributed by atoms with van der Waals surface area (Å²) in [5, 5.41) is 0. The molecule has 8 heteroatoms. The number of anilines is 1. The van der Waals surface area contributed by atoms with Crippen molar-refractivity contribution in [3.8, 4) is 0 Å². The summed E-state index contributed by atoms with van der Waals surface area (Å²) in [6.45, 7) is 1.76. The van der Waals surface area contributed by atoms with Gasteiger partial charge in [-0.15, -0.1) is 0 Å². The molecule has 0 saturated carbocycles. The summed E-state index contributed by atoms with van der Waals surface area (Å²) in [6.07, 6.45) is -0.716. The standard InChI is InChI=1S/C24H20F3NO3S/c1-18-7-13-23(14-8-18)32(30,31)28(22-6-2-4-20(16-22)17-29)15-3-5-19-9-11-21(12-10-19)24(25,26)27/h2-14,16-17H,15H2,1H3. The van der Waals surface area contributed by atoms with Crippen molar-refractivity contribution < 1.29 is 26.4 Å². The molecule has 0 heterocycles. The summed E-state index contributed by atoms with van der Waals surface area (Å²) >= 11 is 0. The lowest BCUT2D eigenvalue weighted by Gasteiger charge is -2.23. The molecule has 0 fully saturated rings. The normalized spacial score (nSPS) is 12.1. The van der Waals surface area contributed by atoms with Crippen LogP contribution in [-0.2, 0) is 16.2 Å². The number of nitrogens with zero attached hydrogens (tertiary/aromatic N) is 1. The van der Waals surface area contributed by atoms with Crippen LogP contribution in [0.25, 0.3) is 6.08 Å². The molecular formula is C24H20F3NO3S. The van der Waals surface area contributed by atoms with E-state index in [1.807, 2.05) is 6.92 Å². The molecule has 0 aromatic heterocycles. The van der Waals surface area contributed by atoms with Gasteiger partial charge in [-0.05, 0) is 48.9 Å². The van der Waals surface area contributed by atoms with Crippen LogP contribution >= 0.6 is 0 Å². The second-order valence-electron chi connectivity index (χ2n) is 7.08. The summed E-state index contributed by atoms with van der Waals surface area (Å²) in [7, 11) is -3.96. The Morgan fingerprint density at radius 2 is 1.56 bits per heavy atom. The second kappa shape index (κ2) is 9.40. The number of hydrogen-bond donors (Lipinski definition) is 0. The van der Waals surface area contributed by atoms with Gasteiger partial charge in [-0.2, -0.15) is 13.2 Å². The summed E-state index contributed by atoms with van der Waals surface area (Å²) < 4.78 is 66.0. The number of aldehydes is 1. The van der Waals surface area contributed by atoms with Gasteiger partial charge < -0.3 is 0 Å². The first-order valence-corrected chi connectivity index (χ1v) is 11.0. The van der Waals surface area contributed by atoms with E-state index in [9.17, 15) is 26.4 Å². The molecular weight excluding hydrogens is 439 g/mol. The van der Waals surface area contributed by atoms with Crippen molar-refractivity contribution >= 4 is 28.1 Å². The van der Waals surface area contributed by atoms with Crippen LogP contribution < -0.4 is 4.31 Å². The Balaban J connectivity index is 1.93. The zero-order valence-corrected chi connectivity index (χ0v) is 17.9. The number of hydrogen-bond acceptors (Lipinski definition) is 3. The maximum absolute atomic E-state index is 13.3. The zero-order valence-electron chi connectivity index (χ0n) is 17.1. The molecule has 0 spiro atoms. The molecule has 0 bridgehead atoms. The van der Waals surface area contributed by atoms with E-state index in [4.69, 9.17) is 0 Å². The van der Waals surface area contributed by atoms with Crippen LogP contribution in [0, 0.1) is 6.92 Å². The topological polar surface area (TPSA) is 54.5 Å². The smallest absolute Gasteiger partial charge is 0.298 e. The fourth-order valence-electron chi connectivity index (χ4n) is 3.00. The summed E-state index contributed by atoms with van der Waals surface area (Å²) in [5.74, 6) is 0. The molecule has 32 heavy (non-hydrogen) atoms. The average molecular weight is 459 g/mol. The van der Waals surface area contributed by atoms with Crippen molar-refractivity contribution in [1.82, 2.24) is 0 Å². The highest BCUT2D eigenvalue weighted by Gasteiger charge is 2.29. The van der Waals surface area contributed by atoms with E-state index in [1.54, 1.807) is 42.5 Å². The predicted molar refractivity (Wildman–Crippen MR) is 118 cm³/mol. The molecule has 3 aromatic carbocycles. The minimum absolute atomic E-state index is 0.0838. The van der Waals surface area contributed by atoms with E-state index < -0.39 is 21.8 Å². The highest BCUT2D eigenvalue weighted by molar-refractivity contribution is 7.92. The molecule has 166 valence electrons. The molecule has 3 aromatic rings. The third-order valence-electron chi connectivity index (χ3n) is 4.72. The van der Waals surface area contributed by atoms with Gasteiger partial charge in [-0.1, -0.05) is 54.1 Å². The minimum Gasteiger partial charge on any atom is -0.298 e. The Morgan fingerprint density at radius 1 is 0.906 bits per heavy atom. The van der Waals surface area contributed by atoms with Crippen LogP contribution in [0.5, 0.6) is 0 Å². The molecule has 0 radical (unpaired) electrons. The lowest BCUT2D eigenvalue weighted by Crippen LogP contribution is -2.31. The van der Waals surface area contributed by atoms with E-state index in [2.05, 4.69) is 0 Å². The lowest BCUT2D eigenvalue weighted by molar-refractivity contribution is -0.137. The van der Waals surface area contributed by atoms with Gasteiger partial charge in [0.2, 0.25) is 0 Å². The Bertz CT molecular complexity index is 1220. The molecule has 0 atom stereocenters. The molecule has 4 nitrogen and oxygen atoms in total. The van der Waals surface area contributed by atoms with E-state index in [-0.39, 0.29) is 11.4 Å². The number of halogens is 3. The Morgan fingerprint density at radius 3 is 2.16 bits per heavy atom.